The molecule has 3 aliphatic carbocycles. The van der Waals surface area contributed by atoms with E-state index in [1.807, 2.05) is 12.1 Å². The van der Waals surface area contributed by atoms with Crippen molar-refractivity contribution in [3.05, 3.63) is 76.7 Å². The van der Waals surface area contributed by atoms with Gasteiger partial charge in [-0.2, -0.15) is 0 Å². The Balaban J connectivity index is 1.41. The molecule has 14 heteroatoms. The van der Waals surface area contributed by atoms with Gasteiger partial charge < -0.3 is 45.4 Å². The van der Waals surface area contributed by atoms with Crippen molar-refractivity contribution in [3.8, 4) is 5.75 Å². The summed E-state index contributed by atoms with van der Waals surface area (Å²) in [6.45, 7) is 0.883. The molecule has 1 aromatic carbocycles. The smallest absolute Gasteiger partial charge is 0.229 e. The second-order valence-corrected chi connectivity index (χ2v) is 16.9. The van der Waals surface area contributed by atoms with Gasteiger partial charge in [-0.3, -0.25) is 9.59 Å². The topological polar surface area (TPSA) is 199 Å². The fourth-order valence-corrected chi connectivity index (χ4v) is 11.8. The molecule has 1 aromatic heterocycles. The van der Waals surface area contributed by atoms with Gasteiger partial charge in [-0.1, -0.05) is 58.2 Å². The molecule has 2 spiro atoms. The monoisotopic (exact) mass is 740 g/mol. The van der Waals surface area contributed by atoms with Crippen LogP contribution in [0.1, 0.15) is 78.1 Å². The molecular weight excluding hydrogens is 697 g/mol. The van der Waals surface area contributed by atoms with Crippen molar-refractivity contribution in [2.75, 3.05) is 24.4 Å². The number of nitrogens with zero attached hydrogens (tertiary/aromatic N) is 1. The molecule has 5 aliphatic rings. The Morgan fingerprint density at radius 2 is 1.88 bits per heavy atom. The summed E-state index contributed by atoms with van der Waals surface area (Å²) in [6.07, 6.45) is 1.87. The number of ketones is 2. The number of allylic oxidation sites excluding steroid dienone is 4. The zero-order valence-electron chi connectivity index (χ0n) is 28.2. The van der Waals surface area contributed by atoms with Crippen LogP contribution in [-0.2, 0) is 10.2 Å². The Kier molecular flexibility index (Phi) is 10.1. The van der Waals surface area contributed by atoms with Gasteiger partial charge in [-0.05, 0) is 74.3 Å². The van der Waals surface area contributed by atoms with Crippen LogP contribution < -0.4 is 10.1 Å². The van der Waals surface area contributed by atoms with Crippen LogP contribution in [0.3, 0.4) is 0 Å². The lowest BCUT2D eigenvalue weighted by molar-refractivity contribution is -0.318. The minimum atomic E-state index is -2.22. The van der Waals surface area contributed by atoms with Gasteiger partial charge in [-0.25, -0.2) is 4.98 Å². The van der Waals surface area contributed by atoms with Crippen LogP contribution in [0.5, 0.6) is 5.75 Å². The van der Waals surface area contributed by atoms with Crippen molar-refractivity contribution in [2.45, 2.75) is 92.7 Å². The van der Waals surface area contributed by atoms with Crippen molar-refractivity contribution in [3.63, 3.8) is 0 Å². The first-order valence-electron chi connectivity index (χ1n) is 17.4. The average molecular weight is 741 g/mol. The van der Waals surface area contributed by atoms with E-state index >= 15 is 4.79 Å². The molecule has 3 heterocycles. The van der Waals surface area contributed by atoms with Crippen LogP contribution in [0.4, 0.5) is 5.82 Å². The first-order chi connectivity index (χ1) is 24.5. The van der Waals surface area contributed by atoms with E-state index in [4.69, 9.17) is 9.47 Å². The summed E-state index contributed by atoms with van der Waals surface area (Å²) >= 11 is 0. The first kappa shape index (κ1) is 36.4. The average Bonchev–Trinajstić information content (AvgIpc) is 3.60. The molecular formula is C37H44N2O10S2. The van der Waals surface area contributed by atoms with E-state index in [9.17, 15) is 35.4 Å². The van der Waals surface area contributed by atoms with Crippen LogP contribution in [0.15, 0.2) is 60.0 Å². The van der Waals surface area contributed by atoms with Crippen LogP contribution in [0, 0.1) is 11.3 Å². The number of hydrogen-bond donors (Lipinski definition) is 7. The maximum atomic E-state index is 15.2. The molecule has 7 N–H and O–H groups in total. The van der Waals surface area contributed by atoms with Gasteiger partial charge in [0.1, 0.15) is 46.7 Å². The number of Topliss-reactive ketones (excluding diaryl/α,β-unsaturated/α-hetero) is 2. The number of nitrogens with one attached hydrogen (secondary N) is 1. The predicted molar refractivity (Wildman–Crippen MR) is 192 cm³/mol. The first-order valence-corrected chi connectivity index (χ1v) is 19.8. The van der Waals surface area contributed by atoms with Gasteiger partial charge >= 0.3 is 0 Å². The summed E-state index contributed by atoms with van der Waals surface area (Å²) in [5, 5.41) is 70.5. The number of anilines is 1. The van der Waals surface area contributed by atoms with Crippen LogP contribution in [-0.4, -0.2) is 102 Å². The lowest BCUT2D eigenvalue weighted by atomic mass is 9.57. The molecule has 12 nitrogen and oxygen atoms in total. The van der Waals surface area contributed by atoms with Crippen molar-refractivity contribution in [1.29, 1.82) is 0 Å². The Bertz CT molecular complexity index is 1750. The van der Waals surface area contributed by atoms with E-state index in [2.05, 4.69) is 10.3 Å². The standard InChI is InChI=1S/C37H44N2O10S2/c1-20-14-23-30(43)22-6-4-7-24-29(22)32(45)37(23,26(42)15-20)27(8-5-13-40)51-50-19-39-28-16-21(9-12-38-28)35(10-2-3-11-35)18-36(47)31(44)25(17-41)49-34(48-24)33(36)46/h4,6-7,9,12,14-16,23,25,27,31,33-34,40-42,44,46-47H,2-3,5,8,10-11,13,17-19H2,1H3,(H,38,39)/t23-,25-,27+,31-,33+,34-,36+,37+/m1/s1. The lowest BCUT2D eigenvalue weighted by Gasteiger charge is -2.51. The number of benzene rings is 1. The molecule has 2 aliphatic heterocycles. The minimum Gasteiger partial charge on any atom is -0.511 e. The molecule has 1 saturated heterocycles. The largest absolute Gasteiger partial charge is 0.511 e. The normalized spacial score (nSPS) is 34.7. The van der Waals surface area contributed by atoms with E-state index in [1.54, 1.807) is 25.3 Å². The number of aliphatic hydroxyl groups is 6. The molecule has 7 rings (SSSR count). The lowest BCUT2D eigenvalue weighted by Crippen LogP contribution is -2.69. The van der Waals surface area contributed by atoms with Crippen molar-refractivity contribution in [2.24, 2.45) is 11.3 Å². The van der Waals surface area contributed by atoms with E-state index in [0.717, 1.165) is 18.4 Å². The van der Waals surface area contributed by atoms with Gasteiger partial charge in [0.15, 0.2) is 11.6 Å². The van der Waals surface area contributed by atoms with Crippen molar-refractivity contribution in [1.82, 2.24) is 4.98 Å². The van der Waals surface area contributed by atoms with E-state index in [0.29, 0.717) is 36.5 Å². The number of aliphatic hydroxyl groups excluding tert-OH is 5. The molecule has 0 radical (unpaired) electrons. The highest BCUT2D eigenvalue weighted by molar-refractivity contribution is 8.77. The van der Waals surface area contributed by atoms with E-state index in [-0.39, 0.29) is 42.1 Å². The van der Waals surface area contributed by atoms with Gasteiger partial charge in [-0.15, -0.1) is 0 Å². The maximum absolute atomic E-state index is 15.2. The maximum Gasteiger partial charge on any atom is 0.229 e. The van der Waals surface area contributed by atoms with Crippen molar-refractivity contribution >= 4 is 39.0 Å². The van der Waals surface area contributed by atoms with Gasteiger partial charge in [0.25, 0.3) is 0 Å². The Labute approximate surface area is 303 Å². The zero-order valence-corrected chi connectivity index (χ0v) is 29.9. The summed E-state index contributed by atoms with van der Waals surface area (Å²) < 4.78 is 12.2. The Morgan fingerprint density at radius 1 is 1.10 bits per heavy atom. The second kappa shape index (κ2) is 14.1. The minimum absolute atomic E-state index is 0.0697. The number of fused-ring (bicyclic) bond motifs is 5. The summed E-state index contributed by atoms with van der Waals surface area (Å²) in [5.74, 6) is -1.51. The number of rotatable bonds is 4. The molecule has 2 aromatic rings. The fourth-order valence-electron chi connectivity index (χ4n) is 8.92. The van der Waals surface area contributed by atoms with Crippen LogP contribution in [0.25, 0.3) is 0 Å². The molecule has 0 amide bonds. The SMILES string of the molecule is CC1=C[C@@H]2C(=O)c3cccc4c3C(=O)[C@@]2(C(O)=C1)[C@H](CCCO)SSCNc1cc(ccn1)C1(CCCC1)C[C@]1(O)[C@H](O)[C@@H](CO)O[C@@H](O4)[C@@H]1O. The number of ether oxygens (including phenoxy) is 2. The van der Waals surface area contributed by atoms with Gasteiger partial charge in [0.05, 0.1) is 24.0 Å². The molecule has 8 atom stereocenters. The summed E-state index contributed by atoms with van der Waals surface area (Å²) in [6, 6.07) is 8.30. The van der Waals surface area contributed by atoms with E-state index in [1.165, 1.54) is 39.8 Å². The predicted octanol–water partition coefficient (Wildman–Crippen LogP) is 3.82. The van der Waals surface area contributed by atoms with E-state index < -0.39 is 70.4 Å². The highest BCUT2D eigenvalue weighted by atomic mass is 33.1. The number of aromatic nitrogens is 1. The highest BCUT2D eigenvalue weighted by Crippen LogP contribution is 2.58. The van der Waals surface area contributed by atoms with Crippen molar-refractivity contribution < 1.29 is 49.7 Å². The summed E-state index contributed by atoms with van der Waals surface area (Å²) in [4.78, 5) is 34.2. The van der Waals surface area contributed by atoms with Gasteiger partial charge in [0.2, 0.25) is 6.29 Å². The number of carbonyl (C=O) groups is 2. The Morgan fingerprint density at radius 3 is 2.63 bits per heavy atom. The number of carbonyl (C=O) groups excluding carboxylic acids is 2. The van der Waals surface area contributed by atoms with Gasteiger partial charge in [0, 0.05) is 23.6 Å². The zero-order chi connectivity index (χ0) is 36.1. The third-order valence-corrected chi connectivity index (χ3v) is 14.1. The quantitative estimate of drug-likeness (QED) is 0.223. The number of pyridine rings is 1. The molecule has 0 unspecified atom stereocenters. The molecule has 1 saturated carbocycles. The third kappa shape index (κ3) is 5.92. The molecule has 6 bridgehead atoms. The summed E-state index contributed by atoms with van der Waals surface area (Å²) in [7, 11) is 2.75. The fraction of sp³-hybridized carbons (Fsp3) is 0.541. The molecule has 274 valence electrons. The third-order valence-electron chi connectivity index (χ3n) is 11.4. The van der Waals surface area contributed by atoms with Crippen LogP contribution >= 0.6 is 21.6 Å². The molecule has 2 fully saturated rings. The Hall–Kier alpha value is -2.95. The molecule has 51 heavy (non-hydrogen) atoms. The number of hydrogen-bond acceptors (Lipinski definition) is 14. The highest BCUT2D eigenvalue weighted by Gasteiger charge is 2.63. The summed E-state index contributed by atoms with van der Waals surface area (Å²) in [5.41, 5.74) is -3.18. The van der Waals surface area contributed by atoms with Crippen LogP contribution in [0.2, 0.25) is 0 Å². The second-order valence-electron chi connectivity index (χ2n) is 14.4.